The highest BCUT2D eigenvalue weighted by atomic mass is 31.2. The Morgan fingerprint density at radius 2 is 1.12 bits per heavy atom. The van der Waals surface area contributed by atoms with Crippen molar-refractivity contribution in [3.8, 4) is 23.0 Å². The lowest BCUT2D eigenvalue weighted by Crippen LogP contribution is -2.39. The van der Waals surface area contributed by atoms with E-state index < -0.39 is 7.14 Å². The third-order valence-corrected chi connectivity index (χ3v) is 12.5. The molecule has 4 aromatic carbocycles. The highest BCUT2D eigenvalue weighted by molar-refractivity contribution is 7.63. The lowest BCUT2D eigenvalue weighted by atomic mass is 10.1. The average molecular weight is 695 g/mol. The number of nitrogens with one attached hydrogen (secondary N) is 2. The molecule has 2 N–H and O–H groups in total. The summed E-state index contributed by atoms with van der Waals surface area (Å²) < 4.78 is 37.8. The van der Waals surface area contributed by atoms with E-state index in [0.717, 1.165) is 35.3 Å². The second kappa shape index (κ2) is 12.6. The minimum atomic E-state index is -3.04. The van der Waals surface area contributed by atoms with E-state index in [0.29, 0.717) is 64.8 Å². The molecule has 4 aliphatic heterocycles. The maximum atomic E-state index is 14.1. The minimum Gasteiger partial charge on any atom is -0.493 e. The van der Waals surface area contributed by atoms with Crippen LogP contribution in [0.4, 0.5) is 22.7 Å². The van der Waals surface area contributed by atoms with Crippen molar-refractivity contribution >= 4 is 41.7 Å². The SMILES string of the molecule is CCP(=O)(COc1cc2c(cc1OC)C(=O)N1c3ccccc3C[C@H]1CN2)COc1cc2c(cc1OC)C(=O)N1c3ccccc3C[C@H]1CN2. The maximum absolute atomic E-state index is 14.1. The fourth-order valence-corrected chi connectivity index (χ4v) is 8.61. The van der Waals surface area contributed by atoms with E-state index in [-0.39, 0.29) is 36.6 Å². The van der Waals surface area contributed by atoms with Crippen LogP contribution >= 0.6 is 7.14 Å². The summed E-state index contributed by atoms with van der Waals surface area (Å²) in [4.78, 5) is 31.4. The van der Waals surface area contributed by atoms with Gasteiger partial charge in [-0.15, -0.1) is 0 Å². The lowest BCUT2D eigenvalue weighted by molar-refractivity contribution is 0.0975. The number of rotatable bonds is 9. The summed E-state index contributed by atoms with van der Waals surface area (Å²) in [6.07, 6.45) is 1.67. The molecule has 0 bridgehead atoms. The zero-order valence-electron chi connectivity index (χ0n) is 28.2. The van der Waals surface area contributed by atoms with Gasteiger partial charge in [0.1, 0.15) is 12.7 Å². The highest BCUT2D eigenvalue weighted by Gasteiger charge is 2.39. The van der Waals surface area contributed by atoms with Crippen LogP contribution in [0.15, 0.2) is 72.8 Å². The highest BCUT2D eigenvalue weighted by Crippen LogP contribution is 2.49. The third kappa shape index (κ3) is 5.40. The van der Waals surface area contributed by atoms with Gasteiger partial charge in [-0.3, -0.25) is 9.59 Å². The summed E-state index contributed by atoms with van der Waals surface area (Å²) >= 11 is 0. The van der Waals surface area contributed by atoms with Gasteiger partial charge in [-0.05, 0) is 48.2 Å². The summed E-state index contributed by atoms with van der Waals surface area (Å²) in [7, 11) is -0.00119. The number of para-hydroxylation sites is 2. The number of ether oxygens (including phenoxy) is 4. The molecule has 0 aromatic heterocycles. The van der Waals surface area contributed by atoms with E-state index in [4.69, 9.17) is 18.9 Å². The molecule has 0 saturated heterocycles. The number of anilines is 4. The fourth-order valence-electron chi connectivity index (χ4n) is 7.42. The summed E-state index contributed by atoms with van der Waals surface area (Å²) in [5, 5.41) is 6.87. The lowest BCUT2D eigenvalue weighted by Gasteiger charge is -2.23. The first-order valence-electron chi connectivity index (χ1n) is 16.9. The van der Waals surface area contributed by atoms with Gasteiger partial charge in [-0.25, -0.2) is 0 Å². The summed E-state index contributed by atoms with van der Waals surface area (Å²) in [6.45, 7) is 3.00. The molecule has 4 heterocycles. The van der Waals surface area contributed by atoms with Crippen molar-refractivity contribution in [1.82, 2.24) is 0 Å². The molecule has 0 saturated carbocycles. The largest absolute Gasteiger partial charge is 0.493 e. The Hall–Kier alpha value is -5.15. The molecule has 0 spiro atoms. The Kier molecular flexibility index (Phi) is 8.10. The molecule has 50 heavy (non-hydrogen) atoms. The topological polar surface area (TPSA) is 119 Å². The Labute approximate surface area is 290 Å². The predicted molar refractivity (Wildman–Crippen MR) is 194 cm³/mol. The Morgan fingerprint density at radius 3 is 1.54 bits per heavy atom. The summed E-state index contributed by atoms with van der Waals surface area (Å²) in [6, 6.07) is 22.8. The maximum Gasteiger partial charge on any atom is 0.260 e. The molecule has 8 rings (SSSR count). The molecular formula is C38H39N4O7P. The number of carbonyl (C=O) groups excluding carboxylic acids is 2. The quantitative estimate of drug-likeness (QED) is 0.191. The number of hydrogen-bond donors (Lipinski definition) is 2. The van der Waals surface area contributed by atoms with E-state index in [1.165, 1.54) is 14.2 Å². The number of methoxy groups -OCH3 is 2. The van der Waals surface area contributed by atoms with Crippen LogP contribution in [0.25, 0.3) is 0 Å². The molecule has 4 aromatic rings. The van der Waals surface area contributed by atoms with Crippen LogP contribution in [0.2, 0.25) is 0 Å². The van der Waals surface area contributed by atoms with Crippen LogP contribution in [0.3, 0.4) is 0 Å². The van der Waals surface area contributed by atoms with Gasteiger partial charge in [0.25, 0.3) is 11.8 Å². The van der Waals surface area contributed by atoms with Crippen LogP contribution in [-0.4, -0.2) is 70.1 Å². The Balaban J connectivity index is 0.994. The first kappa shape index (κ1) is 32.1. The van der Waals surface area contributed by atoms with E-state index in [1.54, 1.807) is 24.3 Å². The molecular weight excluding hydrogens is 655 g/mol. The number of benzene rings is 4. The fraction of sp³-hybridized carbons (Fsp3) is 0.316. The zero-order chi connectivity index (χ0) is 34.6. The van der Waals surface area contributed by atoms with Crippen LogP contribution in [-0.2, 0) is 17.4 Å². The molecule has 0 radical (unpaired) electrons. The summed E-state index contributed by atoms with van der Waals surface area (Å²) in [5.74, 6) is 1.31. The number of nitrogens with zero attached hydrogens (tertiary/aromatic N) is 2. The van der Waals surface area contributed by atoms with E-state index >= 15 is 0 Å². The van der Waals surface area contributed by atoms with E-state index in [9.17, 15) is 14.2 Å². The standard InChI is InChI=1S/C38H39N4O7P/c1-4-50(45,21-48-35-17-29-27(15-33(35)46-2)37(43)41-25(19-39-29)13-23-9-5-7-11-31(23)41)22-49-36-18-30-28(16-34(36)47-3)38(44)42-26(20-40-30)14-24-10-6-8-12-32(24)42/h5-12,15-18,25-26,39-40H,4,13-14,19-22H2,1-3H3/t25-,26-/m0/s1. The van der Waals surface area contributed by atoms with Crippen molar-refractivity contribution < 1.29 is 33.1 Å². The molecule has 11 nitrogen and oxygen atoms in total. The summed E-state index contributed by atoms with van der Waals surface area (Å²) in [5.41, 5.74) is 6.42. The van der Waals surface area contributed by atoms with Gasteiger partial charge in [0, 0.05) is 42.8 Å². The molecule has 0 unspecified atom stereocenters. The van der Waals surface area contributed by atoms with Crippen LogP contribution < -0.4 is 39.4 Å². The first-order valence-corrected chi connectivity index (χ1v) is 19.1. The number of fused-ring (bicyclic) bond motifs is 8. The third-order valence-electron chi connectivity index (χ3n) is 10.2. The van der Waals surface area contributed by atoms with E-state index in [1.807, 2.05) is 53.1 Å². The molecule has 0 fully saturated rings. The van der Waals surface area contributed by atoms with Gasteiger partial charge >= 0.3 is 0 Å². The monoisotopic (exact) mass is 694 g/mol. The van der Waals surface area contributed by atoms with Crippen LogP contribution in [0, 0.1) is 0 Å². The van der Waals surface area contributed by atoms with Crippen molar-refractivity contribution in [2.24, 2.45) is 0 Å². The normalized spacial score (nSPS) is 18.6. The minimum absolute atomic E-state index is 0.00716. The second-order valence-electron chi connectivity index (χ2n) is 13.1. The molecule has 0 aliphatic carbocycles. The van der Waals surface area contributed by atoms with Crippen LogP contribution in [0.1, 0.15) is 38.8 Å². The molecule has 2 atom stereocenters. The zero-order valence-corrected chi connectivity index (χ0v) is 29.1. The second-order valence-corrected chi connectivity index (χ2v) is 16.4. The van der Waals surface area contributed by atoms with Crippen LogP contribution in [0.5, 0.6) is 23.0 Å². The van der Waals surface area contributed by atoms with Gasteiger partial charge in [0.05, 0.1) is 48.8 Å². The van der Waals surface area contributed by atoms with Crippen molar-refractivity contribution in [2.45, 2.75) is 31.8 Å². The molecule has 258 valence electrons. The smallest absolute Gasteiger partial charge is 0.260 e. The molecule has 2 amide bonds. The van der Waals surface area contributed by atoms with Crippen molar-refractivity contribution in [3.05, 3.63) is 95.1 Å². The van der Waals surface area contributed by atoms with Crippen molar-refractivity contribution in [2.75, 3.05) is 66.6 Å². The number of amides is 2. The molecule has 4 aliphatic rings. The van der Waals surface area contributed by atoms with Gasteiger partial charge in [-0.2, -0.15) is 0 Å². The Morgan fingerprint density at radius 1 is 0.680 bits per heavy atom. The van der Waals surface area contributed by atoms with Crippen molar-refractivity contribution in [1.29, 1.82) is 0 Å². The predicted octanol–water partition coefficient (Wildman–Crippen LogP) is 6.45. The number of carbonyl (C=O) groups is 2. The van der Waals surface area contributed by atoms with Crippen molar-refractivity contribution in [3.63, 3.8) is 0 Å². The van der Waals surface area contributed by atoms with Gasteiger partial charge in [0.2, 0.25) is 0 Å². The Bertz CT molecular complexity index is 1930. The first-order chi connectivity index (χ1) is 24.3. The van der Waals surface area contributed by atoms with Gasteiger partial charge in [0.15, 0.2) is 30.1 Å². The van der Waals surface area contributed by atoms with Gasteiger partial charge in [-0.1, -0.05) is 43.3 Å². The number of hydrogen-bond acceptors (Lipinski definition) is 9. The van der Waals surface area contributed by atoms with Gasteiger partial charge < -0.3 is 43.9 Å². The molecule has 12 heteroatoms. The average Bonchev–Trinajstić information content (AvgIpc) is 3.64. The van der Waals surface area contributed by atoms with E-state index in [2.05, 4.69) is 22.8 Å².